The average Bonchev–Trinajstić information content (AvgIpc) is 2.94. The Morgan fingerprint density at radius 1 is 1.09 bits per heavy atom. The SMILES string of the molecule is CC(C(=O)N1CCCCCC1)N1CCNCc2ccccc21. The van der Waals surface area contributed by atoms with E-state index in [2.05, 4.69) is 46.3 Å². The molecule has 0 spiro atoms. The maximum atomic E-state index is 12.9. The number of nitrogens with zero attached hydrogens (tertiary/aromatic N) is 2. The summed E-state index contributed by atoms with van der Waals surface area (Å²) in [4.78, 5) is 17.3. The lowest BCUT2D eigenvalue weighted by molar-refractivity contribution is -0.132. The van der Waals surface area contributed by atoms with Crippen LogP contribution in [0.15, 0.2) is 24.3 Å². The van der Waals surface area contributed by atoms with Crippen molar-refractivity contribution >= 4 is 11.6 Å². The van der Waals surface area contributed by atoms with Crippen molar-refractivity contribution < 1.29 is 4.79 Å². The van der Waals surface area contributed by atoms with Gasteiger partial charge in [-0.25, -0.2) is 0 Å². The first-order valence-electron chi connectivity index (χ1n) is 8.61. The summed E-state index contributed by atoms with van der Waals surface area (Å²) < 4.78 is 0. The molecule has 0 aromatic heterocycles. The van der Waals surface area contributed by atoms with Gasteiger partial charge in [-0.3, -0.25) is 4.79 Å². The predicted octanol–water partition coefficient (Wildman–Crippen LogP) is 2.39. The Bertz CT molecular complexity index is 509. The van der Waals surface area contributed by atoms with Gasteiger partial charge in [0.15, 0.2) is 0 Å². The number of hydrogen-bond acceptors (Lipinski definition) is 3. The van der Waals surface area contributed by atoms with E-state index in [9.17, 15) is 4.79 Å². The van der Waals surface area contributed by atoms with Crippen LogP contribution in [0.25, 0.3) is 0 Å². The van der Waals surface area contributed by atoms with Crippen LogP contribution in [0.5, 0.6) is 0 Å². The molecule has 0 aliphatic carbocycles. The second-order valence-corrected chi connectivity index (χ2v) is 6.41. The fourth-order valence-electron chi connectivity index (χ4n) is 3.57. The number of amides is 1. The summed E-state index contributed by atoms with van der Waals surface area (Å²) in [5, 5.41) is 3.45. The highest BCUT2D eigenvalue weighted by atomic mass is 16.2. The quantitative estimate of drug-likeness (QED) is 0.911. The maximum Gasteiger partial charge on any atom is 0.244 e. The maximum absolute atomic E-state index is 12.9. The van der Waals surface area contributed by atoms with E-state index in [1.165, 1.54) is 24.1 Å². The molecule has 0 saturated carbocycles. The number of benzene rings is 1. The minimum Gasteiger partial charge on any atom is -0.358 e. The third kappa shape index (κ3) is 3.27. The summed E-state index contributed by atoms with van der Waals surface area (Å²) in [6.07, 6.45) is 4.82. The molecule has 22 heavy (non-hydrogen) atoms. The number of anilines is 1. The first-order chi connectivity index (χ1) is 10.8. The molecule has 0 bridgehead atoms. The van der Waals surface area contributed by atoms with Crippen molar-refractivity contribution in [3.05, 3.63) is 29.8 Å². The van der Waals surface area contributed by atoms with E-state index in [0.29, 0.717) is 5.91 Å². The zero-order valence-corrected chi connectivity index (χ0v) is 13.6. The van der Waals surface area contributed by atoms with E-state index in [-0.39, 0.29) is 6.04 Å². The molecule has 4 nitrogen and oxygen atoms in total. The molecule has 2 heterocycles. The van der Waals surface area contributed by atoms with Crippen molar-refractivity contribution in [3.63, 3.8) is 0 Å². The number of hydrogen-bond donors (Lipinski definition) is 1. The van der Waals surface area contributed by atoms with Gasteiger partial charge < -0.3 is 15.1 Å². The van der Waals surface area contributed by atoms with Gasteiger partial charge in [0.05, 0.1) is 0 Å². The van der Waals surface area contributed by atoms with Gasteiger partial charge in [-0.1, -0.05) is 31.0 Å². The summed E-state index contributed by atoms with van der Waals surface area (Å²) in [6, 6.07) is 8.36. The molecule has 3 rings (SSSR count). The Hall–Kier alpha value is -1.55. The summed E-state index contributed by atoms with van der Waals surface area (Å²) in [7, 11) is 0. The molecule has 120 valence electrons. The number of para-hydroxylation sites is 1. The van der Waals surface area contributed by atoms with Crippen molar-refractivity contribution in [1.29, 1.82) is 0 Å². The second kappa shape index (κ2) is 7.14. The van der Waals surface area contributed by atoms with Crippen molar-refractivity contribution in [2.45, 2.75) is 45.2 Å². The number of nitrogens with one attached hydrogen (secondary N) is 1. The molecule has 4 heteroatoms. The lowest BCUT2D eigenvalue weighted by Gasteiger charge is -2.34. The van der Waals surface area contributed by atoms with E-state index in [4.69, 9.17) is 0 Å². The van der Waals surface area contributed by atoms with Crippen LogP contribution < -0.4 is 10.2 Å². The standard InChI is InChI=1S/C18H27N3O/c1-15(18(22)20-11-6-2-3-7-12-20)21-13-10-19-14-16-8-4-5-9-17(16)21/h4-5,8-9,15,19H,2-3,6-7,10-14H2,1H3. The Morgan fingerprint density at radius 2 is 1.82 bits per heavy atom. The highest BCUT2D eigenvalue weighted by Crippen LogP contribution is 2.25. The number of likely N-dealkylation sites (tertiary alicyclic amines) is 1. The molecule has 2 aliphatic heterocycles. The Kier molecular flexibility index (Phi) is 4.98. The van der Waals surface area contributed by atoms with Crippen molar-refractivity contribution in [1.82, 2.24) is 10.2 Å². The average molecular weight is 301 g/mol. The van der Waals surface area contributed by atoms with Gasteiger partial charge in [0.1, 0.15) is 6.04 Å². The lowest BCUT2D eigenvalue weighted by atomic mass is 10.1. The molecule has 1 N–H and O–H groups in total. The smallest absolute Gasteiger partial charge is 0.244 e. The highest BCUT2D eigenvalue weighted by Gasteiger charge is 2.28. The van der Waals surface area contributed by atoms with E-state index in [0.717, 1.165) is 45.6 Å². The third-order valence-electron chi connectivity index (χ3n) is 4.89. The summed E-state index contributed by atoms with van der Waals surface area (Å²) in [6.45, 7) is 6.62. The molecule has 1 atom stereocenters. The van der Waals surface area contributed by atoms with Crippen molar-refractivity contribution in [3.8, 4) is 0 Å². The molecule has 2 aliphatic rings. The van der Waals surface area contributed by atoms with Gasteiger partial charge in [-0.05, 0) is 31.4 Å². The lowest BCUT2D eigenvalue weighted by Crippen LogP contribution is -2.48. The third-order valence-corrected chi connectivity index (χ3v) is 4.89. The van der Waals surface area contributed by atoms with Gasteiger partial charge in [-0.15, -0.1) is 0 Å². The monoisotopic (exact) mass is 301 g/mol. The van der Waals surface area contributed by atoms with Crippen LogP contribution in [0, 0.1) is 0 Å². The first-order valence-corrected chi connectivity index (χ1v) is 8.61. The zero-order valence-electron chi connectivity index (χ0n) is 13.6. The minimum atomic E-state index is -0.0841. The molecule has 1 aromatic rings. The van der Waals surface area contributed by atoms with Gasteiger partial charge in [0.25, 0.3) is 0 Å². The molecule has 1 unspecified atom stereocenters. The van der Waals surface area contributed by atoms with Gasteiger partial charge in [0, 0.05) is 38.4 Å². The molecule has 1 aromatic carbocycles. The molecule has 1 saturated heterocycles. The summed E-state index contributed by atoms with van der Waals surface area (Å²) in [5.74, 6) is 0.290. The van der Waals surface area contributed by atoms with Gasteiger partial charge in [0.2, 0.25) is 5.91 Å². The Balaban J connectivity index is 1.78. The second-order valence-electron chi connectivity index (χ2n) is 6.41. The number of fused-ring (bicyclic) bond motifs is 1. The van der Waals surface area contributed by atoms with Crippen LogP contribution >= 0.6 is 0 Å². The van der Waals surface area contributed by atoms with E-state index >= 15 is 0 Å². The van der Waals surface area contributed by atoms with Gasteiger partial charge >= 0.3 is 0 Å². The fourth-order valence-corrected chi connectivity index (χ4v) is 3.57. The molecular weight excluding hydrogens is 274 g/mol. The van der Waals surface area contributed by atoms with E-state index in [1.54, 1.807) is 0 Å². The Morgan fingerprint density at radius 3 is 2.59 bits per heavy atom. The molecule has 0 radical (unpaired) electrons. The summed E-state index contributed by atoms with van der Waals surface area (Å²) >= 11 is 0. The number of carbonyl (C=O) groups excluding carboxylic acids is 1. The van der Waals surface area contributed by atoms with Crippen LogP contribution in [-0.4, -0.2) is 43.0 Å². The molecular formula is C18H27N3O. The fraction of sp³-hybridized carbons (Fsp3) is 0.611. The minimum absolute atomic E-state index is 0.0841. The van der Waals surface area contributed by atoms with E-state index in [1.807, 2.05) is 0 Å². The number of carbonyl (C=O) groups is 1. The molecule has 1 fully saturated rings. The van der Waals surface area contributed by atoms with Crippen molar-refractivity contribution in [2.75, 3.05) is 31.1 Å². The molecule has 1 amide bonds. The summed E-state index contributed by atoms with van der Waals surface area (Å²) in [5.41, 5.74) is 2.50. The highest BCUT2D eigenvalue weighted by molar-refractivity contribution is 5.85. The predicted molar refractivity (Wildman–Crippen MR) is 90.0 cm³/mol. The van der Waals surface area contributed by atoms with E-state index < -0.39 is 0 Å². The largest absolute Gasteiger partial charge is 0.358 e. The van der Waals surface area contributed by atoms with Crippen LogP contribution in [0.4, 0.5) is 5.69 Å². The van der Waals surface area contributed by atoms with Crippen LogP contribution in [-0.2, 0) is 11.3 Å². The Labute approximate surface area is 133 Å². The van der Waals surface area contributed by atoms with Crippen LogP contribution in [0.1, 0.15) is 38.2 Å². The zero-order chi connectivity index (χ0) is 15.4. The topological polar surface area (TPSA) is 35.6 Å². The van der Waals surface area contributed by atoms with Crippen LogP contribution in [0.3, 0.4) is 0 Å². The number of rotatable bonds is 2. The normalized spacial score (nSPS) is 20.8. The van der Waals surface area contributed by atoms with Crippen molar-refractivity contribution in [2.24, 2.45) is 0 Å². The van der Waals surface area contributed by atoms with Crippen LogP contribution in [0.2, 0.25) is 0 Å². The first kappa shape index (κ1) is 15.3. The van der Waals surface area contributed by atoms with Gasteiger partial charge in [-0.2, -0.15) is 0 Å².